The van der Waals surface area contributed by atoms with Gasteiger partial charge in [0.2, 0.25) is 0 Å². The fraction of sp³-hybridized carbons (Fsp3) is 0.345. The molecule has 0 amide bonds. The summed E-state index contributed by atoms with van der Waals surface area (Å²) >= 11 is 7.62. The van der Waals surface area contributed by atoms with Crippen molar-refractivity contribution in [1.82, 2.24) is 14.5 Å². The molecule has 4 rings (SSSR count). The average Bonchev–Trinajstić information content (AvgIpc) is 3.22. The average molecular weight is 526 g/mol. The van der Waals surface area contributed by atoms with Gasteiger partial charge in [-0.3, -0.25) is 0 Å². The number of aryl methyl sites for hydroxylation is 1. The van der Waals surface area contributed by atoms with Gasteiger partial charge in [-0.1, -0.05) is 37.1 Å². The summed E-state index contributed by atoms with van der Waals surface area (Å²) in [4.78, 5) is 8.05. The Kier molecular flexibility index (Phi) is 9.30. The van der Waals surface area contributed by atoms with E-state index in [0.717, 1.165) is 76.2 Å². The van der Waals surface area contributed by atoms with Gasteiger partial charge in [0.15, 0.2) is 0 Å². The predicted molar refractivity (Wildman–Crippen MR) is 150 cm³/mol. The fourth-order valence-electron chi connectivity index (χ4n) is 4.01. The number of ether oxygens (including phenoxy) is 1. The van der Waals surface area contributed by atoms with Crippen molar-refractivity contribution in [3.63, 3.8) is 0 Å². The van der Waals surface area contributed by atoms with Crippen molar-refractivity contribution in [2.75, 3.05) is 33.0 Å². The summed E-state index contributed by atoms with van der Waals surface area (Å²) in [6, 6.07) is 19.1. The topological polar surface area (TPSA) is 30.3 Å². The van der Waals surface area contributed by atoms with Crippen LogP contribution < -0.4 is 4.74 Å². The SMILES string of the molecule is CCCCn1c(-c2ccc(OCCc3ccc(Cl)cc3)cc2)nc2c(SCCN(C)C)cc(F)cc21. The van der Waals surface area contributed by atoms with Gasteiger partial charge in [0, 0.05) is 40.7 Å². The van der Waals surface area contributed by atoms with Crippen molar-refractivity contribution in [1.29, 1.82) is 0 Å². The molecule has 190 valence electrons. The second kappa shape index (κ2) is 12.6. The normalized spacial score (nSPS) is 11.5. The summed E-state index contributed by atoms with van der Waals surface area (Å²) in [7, 11) is 4.09. The third kappa shape index (κ3) is 6.81. The van der Waals surface area contributed by atoms with E-state index in [1.165, 1.54) is 5.56 Å². The lowest BCUT2D eigenvalue weighted by Crippen LogP contribution is -2.14. The number of hydrogen-bond acceptors (Lipinski definition) is 4. The molecular formula is C29H33ClFN3OS. The quantitative estimate of drug-likeness (QED) is 0.178. The number of nitrogens with zero attached hydrogens (tertiary/aromatic N) is 3. The molecule has 0 saturated carbocycles. The number of unbranched alkanes of at least 4 members (excludes halogenated alkanes) is 1. The van der Waals surface area contributed by atoms with E-state index in [2.05, 4.69) is 16.4 Å². The minimum Gasteiger partial charge on any atom is -0.493 e. The van der Waals surface area contributed by atoms with Crippen LogP contribution in [0, 0.1) is 5.82 Å². The Hall–Kier alpha value is -2.54. The molecule has 0 bridgehead atoms. The molecule has 0 aliphatic heterocycles. The van der Waals surface area contributed by atoms with E-state index < -0.39 is 0 Å². The minimum atomic E-state index is -0.219. The summed E-state index contributed by atoms with van der Waals surface area (Å²) in [6.07, 6.45) is 2.87. The molecule has 4 aromatic rings. The van der Waals surface area contributed by atoms with E-state index in [4.69, 9.17) is 21.3 Å². The van der Waals surface area contributed by atoms with Crippen LogP contribution in [0.1, 0.15) is 25.3 Å². The number of hydrogen-bond donors (Lipinski definition) is 0. The van der Waals surface area contributed by atoms with E-state index in [-0.39, 0.29) is 5.82 Å². The van der Waals surface area contributed by atoms with Crippen LogP contribution in [0.5, 0.6) is 5.75 Å². The maximum absolute atomic E-state index is 14.6. The Morgan fingerprint density at radius 2 is 1.81 bits per heavy atom. The molecule has 1 heterocycles. The van der Waals surface area contributed by atoms with Gasteiger partial charge in [0.05, 0.1) is 12.1 Å². The van der Waals surface area contributed by atoms with Crippen LogP contribution in [0.3, 0.4) is 0 Å². The molecule has 3 aromatic carbocycles. The van der Waals surface area contributed by atoms with Crippen molar-refractivity contribution < 1.29 is 9.13 Å². The van der Waals surface area contributed by atoms with Crippen molar-refractivity contribution in [2.24, 2.45) is 0 Å². The third-order valence-corrected chi connectivity index (χ3v) is 7.26. The lowest BCUT2D eigenvalue weighted by Gasteiger charge is -2.11. The second-order valence-corrected chi connectivity index (χ2v) is 10.7. The summed E-state index contributed by atoms with van der Waals surface area (Å²) in [5, 5.41) is 0.738. The van der Waals surface area contributed by atoms with Crippen LogP contribution in [-0.2, 0) is 13.0 Å². The Morgan fingerprint density at radius 3 is 2.50 bits per heavy atom. The van der Waals surface area contributed by atoms with Crippen LogP contribution in [0.2, 0.25) is 5.02 Å². The first-order valence-corrected chi connectivity index (χ1v) is 13.8. The molecule has 0 aliphatic carbocycles. The van der Waals surface area contributed by atoms with E-state index >= 15 is 0 Å². The first-order valence-electron chi connectivity index (χ1n) is 12.4. The van der Waals surface area contributed by atoms with Crippen LogP contribution in [0.25, 0.3) is 22.4 Å². The summed E-state index contributed by atoms with van der Waals surface area (Å²) in [5.41, 5.74) is 3.91. The van der Waals surface area contributed by atoms with Crippen LogP contribution in [0.4, 0.5) is 4.39 Å². The number of thioether (sulfide) groups is 1. The molecule has 0 radical (unpaired) electrons. The van der Waals surface area contributed by atoms with Gasteiger partial charge in [-0.05, 0) is 74.6 Å². The molecule has 0 aliphatic rings. The van der Waals surface area contributed by atoms with Crippen molar-refractivity contribution in [3.05, 3.63) is 77.1 Å². The molecule has 36 heavy (non-hydrogen) atoms. The number of halogens is 2. The highest BCUT2D eigenvalue weighted by Gasteiger charge is 2.17. The Balaban J connectivity index is 1.56. The molecule has 1 aromatic heterocycles. The lowest BCUT2D eigenvalue weighted by atomic mass is 10.1. The molecule has 0 atom stereocenters. The van der Waals surface area contributed by atoms with Gasteiger partial charge < -0.3 is 14.2 Å². The molecule has 0 fully saturated rings. The number of benzene rings is 3. The van der Waals surface area contributed by atoms with Gasteiger partial charge in [-0.15, -0.1) is 11.8 Å². The predicted octanol–water partition coefficient (Wildman–Crippen LogP) is 7.57. The van der Waals surface area contributed by atoms with E-state index in [1.807, 2.05) is 62.6 Å². The van der Waals surface area contributed by atoms with Crippen molar-refractivity contribution >= 4 is 34.4 Å². The van der Waals surface area contributed by atoms with Crippen LogP contribution in [0.15, 0.2) is 65.6 Å². The standard InChI is InChI=1S/C29H33ClFN3OS/c1-4-5-15-34-26-19-24(31)20-27(36-18-16-33(2)3)28(26)32-29(34)22-8-12-25(13-9-22)35-17-14-21-6-10-23(30)11-7-21/h6-13,19-20H,4-5,14-18H2,1-3H3. The Bertz CT molecular complexity index is 1270. The Labute approximate surface area is 222 Å². The number of rotatable bonds is 12. The van der Waals surface area contributed by atoms with Crippen LogP contribution in [-0.4, -0.2) is 47.5 Å². The zero-order valence-corrected chi connectivity index (χ0v) is 22.7. The molecule has 0 spiro atoms. The van der Waals surface area contributed by atoms with Crippen LogP contribution >= 0.6 is 23.4 Å². The highest BCUT2D eigenvalue weighted by molar-refractivity contribution is 7.99. The van der Waals surface area contributed by atoms with E-state index in [0.29, 0.717) is 6.61 Å². The Morgan fingerprint density at radius 1 is 1.06 bits per heavy atom. The zero-order chi connectivity index (χ0) is 25.5. The summed E-state index contributed by atoms with van der Waals surface area (Å²) in [6.45, 7) is 4.47. The molecular weight excluding hydrogens is 493 g/mol. The fourth-order valence-corrected chi connectivity index (χ4v) is 5.29. The molecule has 4 nitrogen and oxygen atoms in total. The smallest absolute Gasteiger partial charge is 0.141 e. The second-order valence-electron chi connectivity index (χ2n) is 9.11. The molecule has 0 saturated heterocycles. The van der Waals surface area contributed by atoms with Crippen molar-refractivity contribution in [3.8, 4) is 17.1 Å². The van der Waals surface area contributed by atoms with Crippen molar-refractivity contribution in [2.45, 2.75) is 37.6 Å². The highest BCUT2D eigenvalue weighted by atomic mass is 35.5. The molecule has 0 N–H and O–H groups in total. The maximum atomic E-state index is 14.6. The van der Waals surface area contributed by atoms with Gasteiger partial charge in [-0.25, -0.2) is 9.37 Å². The monoisotopic (exact) mass is 525 g/mol. The lowest BCUT2D eigenvalue weighted by molar-refractivity contribution is 0.322. The summed E-state index contributed by atoms with van der Waals surface area (Å²) < 4.78 is 22.8. The largest absolute Gasteiger partial charge is 0.493 e. The molecule has 7 heteroatoms. The van der Waals surface area contributed by atoms with Gasteiger partial charge >= 0.3 is 0 Å². The number of aromatic nitrogens is 2. The first kappa shape index (κ1) is 26.5. The maximum Gasteiger partial charge on any atom is 0.141 e. The first-order chi connectivity index (χ1) is 17.4. The number of imidazole rings is 1. The minimum absolute atomic E-state index is 0.219. The highest BCUT2D eigenvalue weighted by Crippen LogP contribution is 2.33. The third-order valence-electron chi connectivity index (χ3n) is 6.00. The van der Waals surface area contributed by atoms with E-state index in [9.17, 15) is 4.39 Å². The number of fused-ring (bicyclic) bond motifs is 1. The van der Waals surface area contributed by atoms with Gasteiger partial charge in [0.25, 0.3) is 0 Å². The van der Waals surface area contributed by atoms with Gasteiger partial charge in [-0.2, -0.15) is 0 Å². The van der Waals surface area contributed by atoms with Gasteiger partial charge in [0.1, 0.15) is 22.9 Å². The zero-order valence-electron chi connectivity index (χ0n) is 21.1. The van der Waals surface area contributed by atoms with E-state index in [1.54, 1.807) is 23.9 Å². The summed E-state index contributed by atoms with van der Waals surface area (Å²) in [5.74, 6) is 2.34. The molecule has 0 unspecified atom stereocenters.